The van der Waals surface area contributed by atoms with Crippen LogP contribution in [-0.4, -0.2) is 39.9 Å². The number of anilines is 1. The van der Waals surface area contributed by atoms with Crippen molar-refractivity contribution in [3.8, 4) is 0 Å². The predicted molar refractivity (Wildman–Crippen MR) is 71.6 cm³/mol. The third-order valence-electron chi connectivity index (χ3n) is 3.43. The van der Waals surface area contributed by atoms with Crippen molar-refractivity contribution in [3.05, 3.63) is 15.8 Å². The second kappa shape index (κ2) is 5.48. The molecule has 1 fully saturated rings. The number of carbonyl (C=O) groups excluding carboxylic acids is 1. The topological polar surface area (TPSA) is 90.5 Å². The fourth-order valence-electron chi connectivity index (χ4n) is 2.67. The predicted octanol–water partition coefficient (Wildman–Crippen LogP) is 1.17. The first-order valence-corrected chi connectivity index (χ1v) is 6.58. The summed E-state index contributed by atoms with van der Waals surface area (Å²) in [7, 11) is 1.65. The molecule has 2 rings (SSSR count). The van der Waals surface area contributed by atoms with Crippen LogP contribution in [0, 0.1) is 17.0 Å². The number of nitrogens with zero attached hydrogens (tertiary/aromatic N) is 4. The number of hydrogen-bond acceptors (Lipinski definition) is 6. The van der Waals surface area contributed by atoms with Gasteiger partial charge in [-0.15, -0.1) is 0 Å². The van der Waals surface area contributed by atoms with Crippen LogP contribution in [0.1, 0.15) is 25.5 Å². The second-order valence-electron chi connectivity index (χ2n) is 4.74. The Morgan fingerprint density at radius 3 is 2.90 bits per heavy atom. The van der Waals surface area contributed by atoms with Gasteiger partial charge in [0.15, 0.2) is 0 Å². The number of carbonyl (C=O) groups is 1. The molecule has 1 saturated heterocycles. The maximum Gasteiger partial charge on any atom is 0.333 e. The molecule has 1 aliphatic heterocycles. The molecule has 1 aromatic heterocycles. The highest BCUT2D eigenvalue weighted by molar-refractivity contribution is 5.82. The minimum absolute atomic E-state index is 0.0382. The standard InChI is InChI=1S/C12H18N4O4/c1-4-20-12(17)9-6-5-7-15(9)11-10(16(18)19)8(2)13-14(11)3/h9H,4-7H2,1-3H3. The Morgan fingerprint density at radius 2 is 2.30 bits per heavy atom. The monoisotopic (exact) mass is 282 g/mol. The smallest absolute Gasteiger partial charge is 0.333 e. The Morgan fingerprint density at radius 1 is 1.60 bits per heavy atom. The Labute approximate surface area is 116 Å². The van der Waals surface area contributed by atoms with E-state index < -0.39 is 11.0 Å². The summed E-state index contributed by atoms with van der Waals surface area (Å²) < 4.78 is 6.51. The Hall–Kier alpha value is -2.12. The first kappa shape index (κ1) is 14.3. The van der Waals surface area contributed by atoms with Gasteiger partial charge in [-0.25, -0.2) is 9.48 Å². The minimum Gasteiger partial charge on any atom is -0.464 e. The molecule has 20 heavy (non-hydrogen) atoms. The van der Waals surface area contributed by atoms with Gasteiger partial charge < -0.3 is 9.64 Å². The molecule has 8 heteroatoms. The lowest BCUT2D eigenvalue weighted by molar-refractivity contribution is -0.384. The van der Waals surface area contributed by atoms with Crippen LogP contribution in [-0.2, 0) is 16.6 Å². The van der Waals surface area contributed by atoms with E-state index in [4.69, 9.17) is 4.74 Å². The van der Waals surface area contributed by atoms with Crippen molar-refractivity contribution >= 4 is 17.5 Å². The summed E-state index contributed by atoms with van der Waals surface area (Å²) in [6.07, 6.45) is 1.44. The van der Waals surface area contributed by atoms with Crippen LogP contribution >= 0.6 is 0 Å². The third-order valence-corrected chi connectivity index (χ3v) is 3.43. The normalized spacial score (nSPS) is 18.4. The molecule has 0 spiro atoms. The number of hydrogen-bond donors (Lipinski definition) is 0. The molecule has 0 N–H and O–H groups in total. The molecule has 110 valence electrons. The number of aromatic nitrogens is 2. The number of nitro groups is 1. The largest absolute Gasteiger partial charge is 0.464 e. The summed E-state index contributed by atoms with van der Waals surface area (Å²) in [6, 6.07) is -0.469. The highest BCUT2D eigenvalue weighted by Crippen LogP contribution is 2.35. The fraction of sp³-hybridized carbons (Fsp3) is 0.667. The molecule has 1 unspecified atom stereocenters. The molecule has 0 saturated carbocycles. The summed E-state index contributed by atoms with van der Waals surface area (Å²) in [5.41, 5.74) is 0.311. The van der Waals surface area contributed by atoms with Crippen molar-refractivity contribution in [3.63, 3.8) is 0 Å². The maximum atomic E-state index is 12.0. The molecule has 0 aliphatic carbocycles. The van der Waals surface area contributed by atoms with Gasteiger partial charge in [0.1, 0.15) is 11.7 Å². The summed E-state index contributed by atoms with van der Waals surface area (Å²) in [6.45, 7) is 4.23. The number of aryl methyl sites for hydroxylation is 2. The van der Waals surface area contributed by atoms with Crippen LogP contribution in [0.2, 0.25) is 0 Å². The SMILES string of the molecule is CCOC(=O)C1CCCN1c1c([N+](=O)[O-])c(C)nn1C. The van der Waals surface area contributed by atoms with E-state index >= 15 is 0 Å². The van der Waals surface area contributed by atoms with Crippen LogP contribution in [0.5, 0.6) is 0 Å². The maximum absolute atomic E-state index is 12.0. The first-order chi connectivity index (χ1) is 9.47. The first-order valence-electron chi connectivity index (χ1n) is 6.58. The van der Waals surface area contributed by atoms with Gasteiger partial charge in [0, 0.05) is 13.6 Å². The molecule has 0 bridgehead atoms. The van der Waals surface area contributed by atoms with Crippen LogP contribution in [0.4, 0.5) is 11.5 Å². The summed E-state index contributed by atoms with van der Waals surface area (Å²) in [5, 5.41) is 15.3. The lowest BCUT2D eigenvalue weighted by atomic mass is 10.2. The zero-order valence-corrected chi connectivity index (χ0v) is 11.8. The van der Waals surface area contributed by atoms with Gasteiger partial charge in [0.25, 0.3) is 0 Å². The molecule has 1 aliphatic rings. The van der Waals surface area contributed by atoms with E-state index in [2.05, 4.69) is 5.10 Å². The van der Waals surface area contributed by atoms with E-state index in [1.165, 1.54) is 4.68 Å². The highest BCUT2D eigenvalue weighted by atomic mass is 16.6. The molecule has 0 aromatic carbocycles. The van der Waals surface area contributed by atoms with Crippen molar-refractivity contribution in [2.45, 2.75) is 32.7 Å². The molecule has 1 atom stereocenters. The van der Waals surface area contributed by atoms with Crippen molar-refractivity contribution in [1.82, 2.24) is 9.78 Å². The van der Waals surface area contributed by atoms with Crippen LogP contribution in [0.3, 0.4) is 0 Å². The second-order valence-corrected chi connectivity index (χ2v) is 4.74. The number of rotatable bonds is 4. The molecule has 2 heterocycles. The Balaban J connectivity index is 2.40. The number of ether oxygens (including phenoxy) is 1. The van der Waals surface area contributed by atoms with Gasteiger partial charge in [-0.2, -0.15) is 5.10 Å². The van der Waals surface area contributed by atoms with E-state index in [0.29, 0.717) is 31.1 Å². The molecular weight excluding hydrogens is 264 g/mol. The van der Waals surface area contributed by atoms with E-state index in [-0.39, 0.29) is 11.7 Å². The van der Waals surface area contributed by atoms with Crippen molar-refractivity contribution in [1.29, 1.82) is 0 Å². The lowest BCUT2D eigenvalue weighted by Crippen LogP contribution is -2.38. The van der Waals surface area contributed by atoms with E-state index in [1.54, 1.807) is 25.8 Å². The van der Waals surface area contributed by atoms with E-state index in [0.717, 1.165) is 6.42 Å². The van der Waals surface area contributed by atoms with Gasteiger partial charge in [0.2, 0.25) is 5.82 Å². The quantitative estimate of drug-likeness (QED) is 0.467. The van der Waals surface area contributed by atoms with E-state index in [9.17, 15) is 14.9 Å². The van der Waals surface area contributed by atoms with Gasteiger partial charge in [0.05, 0.1) is 11.5 Å². The Kier molecular flexibility index (Phi) is 3.91. The van der Waals surface area contributed by atoms with Gasteiger partial charge in [-0.1, -0.05) is 0 Å². The average Bonchev–Trinajstić information content (AvgIpc) is 2.93. The fourth-order valence-corrected chi connectivity index (χ4v) is 2.67. The molecular formula is C12H18N4O4. The molecule has 1 aromatic rings. The van der Waals surface area contributed by atoms with Gasteiger partial charge in [-0.05, 0) is 26.7 Å². The molecule has 0 radical (unpaired) electrons. The summed E-state index contributed by atoms with van der Waals surface area (Å²) >= 11 is 0. The summed E-state index contributed by atoms with van der Waals surface area (Å²) in [5.74, 6) is 0.0428. The van der Waals surface area contributed by atoms with Crippen LogP contribution in [0.25, 0.3) is 0 Å². The minimum atomic E-state index is -0.469. The average molecular weight is 282 g/mol. The molecule has 0 amide bonds. The zero-order chi connectivity index (χ0) is 14.9. The van der Waals surface area contributed by atoms with Gasteiger partial charge in [-0.3, -0.25) is 10.1 Å². The van der Waals surface area contributed by atoms with Crippen molar-refractivity contribution in [2.24, 2.45) is 7.05 Å². The third kappa shape index (κ3) is 2.33. The van der Waals surface area contributed by atoms with Crippen LogP contribution < -0.4 is 4.90 Å². The van der Waals surface area contributed by atoms with Crippen LogP contribution in [0.15, 0.2) is 0 Å². The summed E-state index contributed by atoms with van der Waals surface area (Å²) in [4.78, 5) is 24.5. The zero-order valence-electron chi connectivity index (χ0n) is 11.8. The lowest BCUT2D eigenvalue weighted by Gasteiger charge is -2.24. The van der Waals surface area contributed by atoms with Crippen molar-refractivity contribution in [2.75, 3.05) is 18.1 Å². The molecule has 8 nitrogen and oxygen atoms in total. The Bertz CT molecular complexity index is 540. The van der Waals surface area contributed by atoms with E-state index in [1.807, 2.05) is 0 Å². The highest BCUT2D eigenvalue weighted by Gasteiger charge is 2.38. The van der Waals surface area contributed by atoms with Crippen molar-refractivity contribution < 1.29 is 14.5 Å². The number of esters is 1. The van der Waals surface area contributed by atoms with Gasteiger partial charge >= 0.3 is 11.7 Å².